The van der Waals surface area contributed by atoms with Crippen LogP contribution in [0.3, 0.4) is 0 Å². The molecule has 0 radical (unpaired) electrons. The Balaban J connectivity index is 2.03. The van der Waals surface area contributed by atoms with E-state index in [-0.39, 0.29) is 11.7 Å². The molecule has 1 aliphatic heterocycles. The summed E-state index contributed by atoms with van der Waals surface area (Å²) in [5.74, 6) is 0.619. The number of rotatable bonds is 2. The van der Waals surface area contributed by atoms with Crippen LogP contribution in [0.1, 0.15) is 56.0 Å². The van der Waals surface area contributed by atoms with Gasteiger partial charge in [-0.1, -0.05) is 0 Å². The molecule has 0 aromatic carbocycles. The molecule has 1 saturated heterocycles. The number of oxazole rings is 1. The van der Waals surface area contributed by atoms with Crippen molar-refractivity contribution in [1.82, 2.24) is 10.3 Å². The highest BCUT2D eigenvalue weighted by Gasteiger charge is 2.24. The van der Waals surface area contributed by atoms with Crippen molar-refractivity contribution < 1.29 is 13.9 Å². The van der Waals surface area contributed by atoms with Crippen molar-refractivity contribution in [3.05, 3.63) is 17.8 Å². The van der Waals surface area contributed by atoms with Gasteiger partial charge in [0.15, 0.2) is 5.89 Å². The van der Waals surface area contributed by atoms with Crippen molar-refractivity contribution in [2.75, 3.05) is 13.1 Å². The number of hydrogen-bond acceptors (Lipinski definition) is 5. The van der Waals surface area contributed by atoms with Crippen molar-refractivity contribution in [2.24, 2.45) is 0 Å². The van der Waals surface area contributed by atoms with Crippen molar-refractivity contribution in [1.29, 1.82) is 0 Å². The van der Waals surface area contributed by atoms with Crippen LogP contribution in [0.4, 0.5) is 0 Å². The van der Waals surface area contributed by atoms with Crippen molar-refractivity contribution in [3.63, 3.8) is 0 Å². The quantitative estimate of drug-likeness (QED) is 0.816. The summed E-state index contributed by atoms with van der Waals surface area (Å²) in [6, 6.07) is 0. The zero-order valence-electron chi connectivity index (χ0n) is 11.2. The summed E-state index contributed by atoms with van der Waals surface area (Å²) in [5, 5.41) is 3.29. The van der Waals surface area contributed by atoms with Crippen LogP contribution in [0.15, 0.2) is 10.6 Å². The molecule has 0 aliphatic carbocycles. The maximum Gasteiger partial charge on any atom is 0.376 e. The predicted molar refractivity (Wildman–Crippen MR) is 66.5 cm³/mol. The highest BCUT2D eigenvalue weighted by atomic mass is 16.6. The second-order valence-corrected chi connectivity index (χ2v) is 5.61. The van der Waals surface area contributed by atoms with E-state index < -0.39 is 11.6 Å². The lowest BCUT2D eigenvalue weighted by atomic mass is 10.00. The molecule has 0 saturated carbocycles. The van der Waals surface area contributed by atoms with Gasteiger partial charge in [0, 0.05) is 12.5 Å². The molecule has 1 atom stereocenters. The van der Waals surface area contributed by atoms with Crippen molar-refractivity contribution in [3.8, 4) is 0 Å². The number of esters is 1. The molecule has 5 heteroatoms. The molecule has 1 unspecified atom stereocenters. The van der Waals surface area contributed by atoms with E-state index in [1.54, 1.807) is 0 Å². The first kappa shape index (κ1) is 13.1. The smallest absolute Gasteiger partial charge is 0.376 e. The molecule has 100 valence electrons. The van der Waals surface area contributed by atoms with E-state index in [4.69, 9.17) is 9.15 Å². The molecular weight excluding hydrogens is 232 g/mol. The van der Waals surface area contributed by atoms with E-state index >= 15 is 0 Å². The van der Waals surface area contributed by atoms with Crippen molar-refractivity contribution >= 4 is 5.97 Å². The zero-order chi connectivity index (χ0) is 13.2. The van der Waals surface area contributed by atoms with Crippen LogP contribution in [0.25, 0.3) is 0 Å². The van der Waals surface area contributed by atoms with Gasteiger partial charge in [-0.2, -0.15) is 0 Å². The lowest BCUT2D eigenvalue weighted by Crippen LogP contribution is -2.28. The summed E-state index contributed by atoms with van der Waals surface area (Å²) in [5.41, 5.74) is -0.517. The Morgan fingerprint density at radius 3 is 2.94 bits per heavy atom. The fourth-order valence-electron chi connectivity index (χ4n) is 1.96. The van der Waals surface area contributed by atoms with Gasteiger partial charge in [0.1, 0.15) is 5.60 Å². The van der Waals surface area contributed by atoms with E-state index in [0.29, 0.717) is 5.89 Å². The van der Waals surface area contributed by atoms with Gasteiger partial charge in [0.25, 0.3) is 0 Å². The minimum absolute atomic E-state index is 0.186. The minimum atomic E-state index is -0.517. The van der Waals surface area contributed by atoms with Crippen LogP contribution in [-0.2, 0) is 4.74 Å². The van der Waals surface area contributed by atoms with Crippen LogP contribution in [0.5, 0.6) is 0 Å². The molecule has 0 spiro atoms. The topological polar surface area (TPSA) is 64.4 Å². The van der Waals surface area contributed by atoms with E-state index in [1.165, 1.54) is 6.20 Å². The molecule has 0 amide bonds. The fraction of sp³-hybridized carbons (Fsp3) is 0.692. The number of aromatic nitrogens is 1. The second-order valence-electron chi connectivity index (χ2n) is 5.61. The van der Waals surface area contributed by atoms with Gasteiger partial charge >= 0.3 is 5.97 Å². The van der Waals surface area contributed by atoms with Crippen LogP contribution in [-0.4, -0.2) is 29.6 Å². The average Bonchev–Trinajstić information content (AvgIpc) is 2.77. The first-order valence-electron chi connectivity index (χ1n) is 6.35. The SMILES string of the molecule is CC(C)(C)OC(=O)c1cnc(C2CCCNC2)o1. The summed E-state index contributed by atoms with van der Waals surface area (Å²) in [7, 11) is 0. The average molecular weight is 252 g/mol. The van der Waals surface area contributed by atoms with Gasteiger partial charge in [0.2, 0.25) is 5.76 Å². The normalized spacial score (nSPS) is 20.7. The van der Waals surface area contributed by atoms with Gasteiger partial charge in [-0.05, 0) is 40.2 Å². The molecule has 1 N–H and O–H groups in total. The third-order valence-electron chi connectivity index (χ3n) is 2.77. The molecule has 1 fully saturated rings. The first-order chi connectivity index (χ1) is 8.46. The Bertz CT molecular complexity index is 414. The van der Waals surface area contributed by atoms with Gasteiger partial charge in [0.05, 0.1) is 6.20 Å². The lowest BCUT2D eigenvalue weighted by Gasteiger charge is -2.20. The van der Waals surface area contributed by atoms with E-state index in [2.05, 4.69) is 10.3 Å². The van der Waals surface area contributed by atoms with E-state index in [1.807, 2.05) is 20.8 Å². The van der Waals surface area contributed by atoms with E-state index in [0.717, 1.165) is 25.9 Å². The molecule has 1 aliphatic rings. The third-order valence-corrected chi connectivity index (χ3v) is 2.77. The van der Waals surface area contributed by atoms with Gasteiger partial charge in [-0.3, -0.25) is 0 Å². The van der Waals surface area contributed by atoms with Gasteiger partial charge in [-0.25, -0.2) is 9.78 Å². The Hall–Kier alpha value is -1.36. The largest absolute Gasteiger partial charge is 0.454 e. The molecule has 1 aromatic heterocycles. The monoisotopic (exact) mass is 252 g/mol. The number of carbonyl (C=O) groups excluding carboxylic acids is 1. The summed E-state index contributed by atoms with van der Waals surface area (Å²) in [6.45, 7) is 7.37. The van der Waals surface area contributed by atoms with Gasteiger partial charge < -0.3 is 14.5 Å². The second kappa shape index (κ2) is 5.10. The highest BCUT2D eigenvalue weighted by molar-refractivity contribution is 5.86. The molecular formula is C13H20N2O3. The molecule has 2 rings (SSSR count). The number of hydrogen-bond donors (Lipinski definition) is 1. The maximum absolute atomic E-state index is 11.8. The number of carbonyl (C=O) groups is 1. The van der Waals surface area contributed by atoms with Crippen LogP contribution in [0.2, 0.25) is 0 Å². The standard InChI is InChI=1S/C13H20N2O3/c1-13(2,3)18-12(16)10-8-15-11(17-10)9-5-4-6-14-7-9/h8-9,14H,4-7H2,1-3H3. The maximum atomic E-state index is 11.8. The molecule has 5 nitrogen and oxygen atoms in total. The number of ether oxygens (including phenoxy) is 1. The first-order valence-corrected chi connectivity index (χ1v) is 6.35. The van der Waals surface area contributed by atoms with Gasteiger partial charge in [-0.15, -0.1) is 0 Å². The van der Waals surface area contributed by atoms with Crippen LogP contribution >= 0.6 is 0 Å². The Kier molecular flexibility index (Phi) is 3.71. The number of nitrogens with zero attached hydrogens (tertiary/aromatic N) is 1. The summed E-state index contributed by atoms with van der Waals surface area (Å²) in [4.78, 5) is 16.0. The Labute approximate surface area is 107 Å². The zero-order valence-corrected chi connectivity index (χ0v) is 11.2. The highest BCUT2D eigenvalue weighted by Crippen LogP contribution is 2.23. The van der Waals surface area contributed by atoms with E-state index in [9.17, 15) is 4.79 Å². The minimum Gasteiger partial charge on any atom is -0.454 e. The molecule has 0 bridgehead atoms. The Morgan fingerprint density at radius 2 is 2.33 bits per heavy atom. The summed E-state index contributed by atoms with van der Waals surface area (Å²) < 4.78 is 10.7. The van der Waals surface area contributed by atoms with Crippen LogP contribution < -0.4 is 5.32 Å². The number of nitrogens with one attached hydrogen (secondary N) is 1. The predicted octanol–water partition coefficient (Wildman–Crippen LogP) is 2.10. The molecule has 18 heavy (non-hydrogen) atoms. The van der Waals surface area contributed by atoms with Crippen LogP contribution in [0, 0.1) is 0 Å². The molecule has 2 heterocycles. The number of piperidine rings is 1. The lowest BCUT2D eigenvalue weighted by molar-refractivity contribution is 0.00336. The molecule has 1 aromatic rings. The Morgan fingerprint density at radius 1 is 1.56 bits per heavy atom. The fourth-order valence-corrected chi connectivity index (χ4v) is 1.96. The van der Waals surface area contributed by atoms with Crippen molar-refractivity contribution in [2.45, 2.75) is 45.1 Å². The third kappa shape index (κ3) is 3.32. The summed E-state index contributed by atoms with van der Waals surface area (Å²) >= 11 is 0. The summed E-state index contributed by atoms with van der Waals surface area (Å²) in [6.07, 6.45) is 3.61.